The molecule has 0 aliphatic heterocycles. The number of carbonyl (C=O) groups excluding carboxylic acids is 1. The van der Waals surface area contributed by atoms with Crippen LogP contribution in [0, 0.1) is 0 Å². The monoisotopic (exact) mass is 193 g/mol. The Labute approximate surface area is 84.1 Å². The Hall–Kier alpha value is -1.51. The molecule has 0 aliphatic carbocycles. The number of hydrogen-bond acceptors (Lipinski definition) is 2. The van der Waals surface area contributed by atoms with E-state index in [4.69, 9.17) is 4.74 Å². The molecule has 14 heavy (non-hydrogen) atoms. The van der Waals surface area contributed by atoms with Crippen LogP contribution in [0.5, 0.6) is 5.75 Å². The Morgan fingerprint density at radius 3 is 2.50 bits per heavy atom. The second-order valence-corrected chi connectivity index (χ2v) is 3.02. The Bertz CT molecular complexity index is 282. The van der Waals surface area contributed by atoms with Gasteiger partial charge < -0.3 is 10.1 Å². The summed E-state index contributed by atoms with van der Waals surface area (Å²) in [7, 11) is 1.63. The molecule has 3 nitrogen and oxygen atoms in total. The molecule has 76 valence electrons. The van der Waals surface area contributed by atoms with Crippen molar-refractivity contribution in [2.24, 2.45) is 0 Å². The zero-order valence-corrected chi connectivity index (χ0v) is 8.49. The van der Waals surface area contributed by atoms with Crippen molar-refractivity contribution < 1.29 is 9.53 Å². The molecule has 0 heterocycles. The highest BCUT2D eigenvalue weighted by molar-refractivity contribution is 5.48. The molecule has 1 atom stereocenters. The summed E-state index contributed by atoms with van der Waals surface area (Å²) < 4.78 is 5.05. The van der Waals surface area contributed by atoms with Gasteiger partial charge in [0.25, 0.3) is 0 Å². The Balaban J connectivity index is 2.77. The molecular formula is C11H15NO2. The van der Waals surface area contributed by atoms with Gasteiger partial charge >= 0.3 is 0 Å². The zero-order chi connectivity index (χ0) is 10.4. The number of hydrogen-bond donors (Lipinski definition) is 1. The van der Waals surface area contributed by atoms with Crippen LogP contribution in [-0.4, -0.2) is 13.5 Å². The van der Waals surface area contributed by atoms with Crippen molar-refractivity contribution in [2.45, 2.75) is 19.4 Å². The van der Waals surface area contributed by atoms with Gasteiger partial charge in [-0.25, -0.2) is 0 Å². The molecule has 0 aliphatic rings. The summed E-state index contributed by atoms with van der Waals surface area (Å²) in [6.45, 7) is 2.03. The van der Waals surface area contributed by atoms with E-state index in [2.05, 4.69) is 5.32 Å². The third-order valence-electron chi connectivity index (χ3n) is 2.20. The van der Waals surface area contributed by atoms with Crippen molar-refractivity contribution in [3.63, 3.8) is 0 Å². The molecule has 0 aromatic heterocycles. The SMILES string of the molecule is CCC(NC=O)c1ccc(OC)cc1. The molecular weight excluding hydrogens is 178 g/mol. The van der Waals surface area contributed by atoms with Gasteiger partial charge in [-0.15, -0.1) is 0 Å². The molecule has 0 spiro atoms. The lowest BCUT2D eigenvalue weighted by Crippen LogP contribution is -2.18. The summed E-state index contributed by atoms with van der Waals surface area (Å²) in [5.74, 6) is 0.828. The average Bonchev–Trinajstić information content (AvgIpc) is 2.26. The van der Waals surface area contributed by atoms with Gasteiger partial charge in [0, 0.05) is 0 Å². The maximum Gasteiger partial charge on any atom is 0.207 e. The fourth-order valence-corrected chi connectivity index (χ4v) is 1.37. The number of carbonyl (C=O) groups is 1. The van der Waals surface area contributed by atoms with Crippen molar-refractivity contribution in [1.82, 2.24) is 5.32 Å². The first-order valence-electron chi connectivity index (χ1n) is 4.65. The van der Waals surface area contributed by atoms with Gasteiger partial charge in [0.1, 0.15) is 5.75 Å². The van der Waals surface area contributed by atoms with Crippen LogP contribution in [0.3, 0.4) is 0 Å². The van der Waals surface area contributed by atoms with Crippen molar-refractivity contribution in [2.75, 3.05) is 7.11 Å². The van der Waals surface area contributed by atoms with Crippen molar-refractivity contribution in [1.29, 1.82) is 0 Å². The largest absolute Gasteiger partial charge is 0.497 e. The first-order valence-corrected chi connectivity index (χ1v) is 4.65. The standard InChI is InChI=1S/C11H15NO2/c1-3-11(12-8-13)9-4-6-10(14-2)7-5-9/h4-8,11H,3H2,1-2H3,(H,12,13). The molecule has 1 aromatic carbocycles. The molecule has 0 bridgehead atoms. The van der Waals surface area contributed by atoms with Gasteiger partial charge in [0.15, 0.2) is 0 Å². The van der Waals surface area contributed by atoms with Crippen molar-refractivity contribution in [3.05, 3.63) is 29.8 Å². The number of ether oxygens (including phenoxy) is 1. The highest BCUT2D eigenvalue weighted by Crippen LogP contribution is 2.19. The number of rotatable bonds is 5. The molecule has 0 saturated carbocycles. The molecule has 1 rings (SSSR count). The zero-order valence-electron chi connectivity index (χ0n) is 8.49. The number of amides is 1. The van der Waals surface area contributed by atoms with E-state index in [1.54, 1.807) is 7.11 Å². The van der Waals surface area contributed by atoms with Crippen LogP contribution < -0.4 is 10.1 Å². The maximum atomic E-state index is 10.3. The number of methoxy groups -OCH3 is 1. The minimum atomic E-state index is 0.0957. The van der Waals surface area contributed by atoms with Gasteiger partial charge in [0.2, 0.25) is 6.41 Å². The smallest absolute Gasteiger partial charge is 0.207 e. The minimum absolute atomic E-state index is 0.0957. The lowest BCUT2D eigenvalue weighted by Gasteiger charge is -2.14. The highest BCUT2D eigenvalue weighted by Gasteiger charge is 2.06. The van der Waals surface area contributed by atoms with E-state index in [0.717, 1.165) is 24.1 Å². The molecule has 0 radical (unpaired) electrons. The van der Waals surface area contributed by atoms with Crippen LogP contribution >= 0.6 is 0 Å². The normalized spacial score (nSPS) is 11.9. The Morgan fingerprint density at radius 1 is 1.43 bits per heavy atom. The molecule has 0 fully saturated rings. The van der Waals surface area contributed by atoms with Crippen LogP contribution in [0.15, 0.2) is 24.3 Å². The molecule has 3 heteroatoms. The van der Waals surface area contributed by atoms with E-state index in [-0.39, 0.29) is 6.04 Å². The summed E-state index contributed by atoms with van der Waals surface area (Å²) in [5.41, 5.74) is 1.10. The van der Waals surface area contributed by atoms with E-state index in [1.807, 2.05) is 31.2 Å². The summed E-state index contributed by atoms with van der Waals surface area (Å²) in [4.78, 5) is 10.3. The molecule has 1 N–H and O–H groups in total. The predicted molar refractivity (Wildman–Crippen MR) is 55.2 cm³/mol. The molecule has 1 aromatic rings. The van der Waals surface area contributed by atoms with E-state index >= 15 is 0 Å². The van der Waals surface area contributed by atoms with E-state index in [0.29, 0.717) is 0 Å². The van der Waals surface area contributed by atoms with E-state index < -0.39 is 0 Å². The fourth-order valence-electron chi connectivity index (χ4n) is 1.37. The number of benzene rings is 1. The van der Waals surface area contributed by atoms with Crippen LogP contribution in [0.25, 0.3) is 0 Å². The summed E-state index contributed by atoms with van der Waals surface area (Å²) >= 11 is 0. The fraction of sp³-hybridized carbons (Fsp3) is 0.364. The van der Waals surface area contributed by atoms with E-state index in [1.165, 1.54) is 0 Å². The lowest BCUT2D eigenvalue weighted by atomic mass is 10.0. The van der Waals surface area contributed by atoms with Crippen LogP contribution in [0.1, 0.15) is 24.9 Å². The van der Waals surface area contributed by atoms with Gasteiger partial charge in [0.05, 0.1) is 13.2 Å². The maximum absolute atomic E-state index is 10.3. The minimum Gasteiger partial charge on any atom is -0.497 e. The topological polar surface area (TPSA) is 38.3 Å². The second-order valence-electron chi connectivity index (χ2n) is 3.02. The summed E-state index contributed by atoms with van der Waals surface area (Å²) in [5, 5.41) is 2.76. The predicted octanol–water partition coefficient (Wildman–Crippen LogP) is 1.89. The quantitative estimate of drug-likeness (QED) is 0.725. The first-order chi connectivity index (χ1) is 6.81. The van der Waals surface area contributed by atoms with Crippen molar-refractivity contribution >= 4 is 6.41 Å². The summed E-state index contributed by atoms with van der Waals surface area (Å²) in [6.07, 6.45) is 1.61. The third-order valence-corrected chi connectivity index (χ3v) is 2.20. The van der Waals surface area contributed by atoms with Crippen molar-refractivity contribution in [3.8, 4) is 5.75 Å². The number of nitrogens with one attached hydrogen (secondary N) is 1. The molecule has 1 unspecified atom stereocenters. The third kappa shape index (κ3) is 2.49. The van der Waals surface area contributed by atoms with Gasteiger partial charge in [-0.2, -0.15) is 0 Å². The average molecular weight is 193 g/mol. The first kappa shape index (κ1) is 10.6. The Kier molecular flexibility index (Phi) is 3.98. The molecule has 1 amide bonds. The van der Waals surface area contributed by atoms with Gasteiger partial charge in [-0.3, -0.25) is 4.79 Å². The second kappa shape index (κ2) is 5.27. The molecule has 0 saturated heterocycles. The van der Waals surface area contributed by atoms with E-state index in [9.17, 15) is 4.79 Å². The van der Waals surface area contributed by atoms with Crippen LogP contribution in [0.2, 0.25) is 0 Å². The van der Waals surface area contributed by atoms with Gasteiger partial charge in [-0.1, -0.05) is 19.1 Å². The lowest BCUT2D eigenvalue weighted by molar-refractivity contribution is -0.110. The van der Waals surface area contributed by atoms with Gasteiger partial charge in [-0.05, 0) is 24.1 Å². The van der Waals surface area contributed by atoms with Crippen LogP contribution in [0.4, 0.5) is 0 Å². The van der Waals surface area contributed by atoms with Crippen LogP contribution in [-0.2, 0) is 4.79 Å². The highest BCUT2D eigenvalue weighted by atomic mass is 16.5. The summed E-state index contributed by atoms with van der Waals surface area (Å²) in [6, 6.07) is 7.81. The Morgan fingerprint density at radius 2 is 2.07 bits per heavy atom.